The number of thiophene rings is 1. The smallest absolute Gasteiger partial charge is 0.314 e. The van der Waals surface area contributed by atoms with Crippen molar-refractivity contribution in [3.8, 4) is 11.1 Å². The van der Waals surface area contributed by atoms with Gasteiger partial charge in [0.05, 0.1) is 41.8 Å². The Balaban J connectivity index is 0.000000277. The molecule has 4 aromatic rings. The van der Waals surface area contributed by atoms with Crippen LogP contribution < -0.4 is 21.3 Å². The minimum Gasteiger partial charge on any atom is -0.428 e. The van der Waals surface area contributed by atoms with Crippen LogP contribution in [-0.2, 0) is 33.4 Å². The van der Waals surface area contributed by atoms with E-state index in [1.165, 1.54) is 11.1 Å². The number of aromatic nitrogens is 1. The van der Waals surface area contributed by atoms with Crippen molar-refractivity contribution in [3.63, 3.8) is 0 Å². The quantitative estimate of drug-likeness (QED) is 0.00981. The molecule has 0 bridgehead atoms. The largest absolute Gasteiger partial charge is 0.428 e. The summed E-state index contributed by atoms with van der Waals surface area (Å²) < 4.78 is 18.0. The Morgan fingerprint density at radius 1 is 1.00 bits per heavy atom. The number of carbonyl (C=O) groups excluding carboxylic acids is 4. The summed E-state index contributed by atoms with van der Waals surface area (Å²) in [6.45, 7) is 17.4. The number of methoxy groups -OCH3 is 1. The number of amidine groups is 1. The molecule has 0 spiro atoms. The van der Waals surface area contributed by atoms with E-state index >= 15 is 0 Å². The van der Waals surface area contributed by atoms with Gasteiger partial charge in [0.25, 0.3) is 0 Å². The first-order valence-corrected chi connectivity index (χ1v) is 27.4. The SMILES string of the molecule is C=N/N=C(/C)N1C[C@H](CC(=O)NCCCCCCCC=O)N=C(c2ccc(Cl)cc2)c2c1sc(C)c2C.CNc1ccc(-c2ccnc(/C(=C\N)CC(=O)OCOC(=O)C(C)(C)C)c2)c(SN2CCC(OC)CC2)c1. The molecule has 2 aromatic heterocycles. The first-order valence-electron chi connectivity index (χ1n) is 25.4. The second-order valence-corrected chi connectivity index (χ2v) is 22.1. The van der Waals surface area contributed by atoms with Crippen LogP contribution in [0, 0.1) is 19.3 Å². The highest BCUT2D eigenvalue weighted by Crippen LogP contribution is 2.41. The number of pyridine rings is 1. The highest BCUT2D eigenvalue weighted by molar-refractivity contribution is 7.97. The number of unbranched alkanes of at least 4 members (excludes halogenated alkanes) is 5. The average molecular weight is 1080 g/mol. The van der Waals surface area contributed by atoms with Crippen molar-refractivity contribution in [1.29, 1.82) is 0 Å². The zero-order valence-electron chi connectivity index (χ0n) is 44.7. The molecular weight excluding hydrogens is 1010 g/mol. The fourth-order valence-corrected chi connectivity index (χ4v) is 10.8. The van der Waals surface area contributed by atoms with Crippen molar-refractivity contribution < 1.29 is 33.4 Å². The molecule has 6 rings (SSSR count). The van der Waals surface area contributed by atoms with E-state index in [9.17, 15) is 19.2 Å². The van der Waals surface area contributed by atoms with Crippen LogP contribution in [0.2, 0.25) is 5.02 Å². The third-order valence-electron chi connectivity index (χ3n) is 12.7. The maximum Gasteiger partial charge on any atom is 0.314 e. The predicted octanol–water partition coefficient (Wildman–Crippen LogP) is 10.8. The minimum atomic E-state index is -0.679. The molecular formula is C56H74ClN9O7S2. The van der Waals surface area contributed by atoms with Crippen LogP contribution in [0.25, 0.3) is 16.7 Å². The molecule has 1 amide bonds. The summed E-state index contributed by atoms with van der Waals surface area (Å²) in [5, 5.41) is 16.0. The molecule has 16 nitrogen and oxygen atoms in total. The lowest BCUT2D eigenvalue weighted by molar-refractivity contribution is -0.172. The zero-order chi connectivity index (χ0) is 54.5. The molecule has 19 heteroatoms. The van der Waals surface area contributed by atoms with Crippen LogP contribution in [0.3, 0.4) is 0 Å². The second-order valence-electron chi connectivity index (χ2n) is 19.3. The van der Waals surface area contributed by atoms with Gasteiger partial charge in [-0.25, -0.2) is 4.31 Å². The number of nitrogens with zero attached hydrogens (tertiary/aromatic N) is 6. The molecule has 1 atom stereocenters. The molecule has 2 aliphatic rings. The summed E-state index contributed by atoms with van der Waals surface area (Å²) in [6.07, 6.45) is 12.2. The monoisotopic (exact) mass is 1080 g/mol. The topological polar surface area (TPSA) is 202 Å². The molecule has 75 heavy (non-hydrogen) atoms. The van der Waals surface area contributed by atoms with E-state index < -0.39 is 24.1 Å². The lowest BCUT2D eigenvalue weighted by atomic mass is 9.98. The van der Waals surface area contributed by atoms with Crippen molar-refractivity contribution in [2.75, 3.05) is 57.3 Å². The summed E-state index contributed by atoms with van der Waals surface area (Å²) in [5.41, 5.74) is 13.4. The molecule has 4 N–H and O–H groups in total. The number of anilines is 2. The second kappa shape index (κ2) is 30.0. The number of piperidine rings is 1. The standard InChI is InChI=1S/C28H36ClN5O2S.C28H38N4O5S/c1-19-20(2)37-28-26(19)27(22-11-13-23(29)14-12-22)32-24(18-34(28)21(3)33-30-4)17-25(36)31-15-9-7-5-6-8-10-16-35;1-28(2,3)27(34)37-18-36-26(33)15-20(17-29)24-14-19(8-11-31-24)23-7-6-21(30-4)16-25(23)38-32-12-9-22(35-5)10-13-32/h11-14,16,24H,4-10,15,17-18H2,1-3H3,(H,31,36);6-8,11,14,16-17,22,30H,9-10,12-13,15,18,29H2,1-5H3/b33-21-;20-17-/t24-;/m0./s1. The number of amides is 1. The molecule has 0 radical (unpaired) electrons. The number of hydrogen-bond donors (Lipinski definition) is 3. The molecule has 404 valence electrons. The van der Waals surface area contributed by atoms with Crippen molar-refractivity contribution >= 4 is 93.5 Å². The number of aldehydes is 1. The van der Waals surface area contributed by atoms with Gasteiger partial charge in [0.2, 0.25) is 12.7 Å². The molecule has 0 saturated carbocycles. The summed E-state index contributed by atoms with van der Waals surface area (Å²) in [7, 11) is 3.67. The molecule has 1 saturated heterocycles. The van der Waals surface area contributed by atoms with Crippen molar-refractivity contribution in [2.24, 2.45) is 26.3 Å². The van der Waals surface area contributed by atoms with E-state index in [0.29, 0.717) is 47.7 Å². The van der Waals surface area contributed by atoms with Gasteiger partial charge in [-0.05, 0) is 138 Å². The van der Waals surface area contributed by atoms with Gasteiger partial charge < -0.3 is 40.3 Å². The molecule has 2 aliphatic heterocycles. The number of nitrogens with two attached hydrogens (primary N) is 1. The number of hydrogen-bond acceptors (Lipinski definition) is 16. The normalized spacial score (nSPS) is 15.4. The van der Waals surface area contributed by atoms with E-state index in [2.05, 4.69) is 67.7 Å². The highest BCUT2D eigenvalue weighted by atomic mass is 35.5. The number of nitrogens with one attached hydrogen (secondary N) is 2. The number of rotatable bonds is 22. The Morgan fingerprint density at radius 2 is 1.72 bits per heavy atom. The number of esters is 2. The van der Waals surface area contributed by atoms with Gasteiger partial charge in [0.15, 0.2) is 0 Å². The molecule has 4 heterocycles. The summed E-state index contributed by atoms with van der Waals surface area (Å²) >= 11 is 9.60. The van der Waals surface area contributed by atoms with Crippen LogP contribution in [-0.4, -0.2) is 111 Å². The van der Waals surface area contributed by atoms with Crippen LogP contribution in [0.5, 0.6) is 0 Å². The fourth-order valence-electron chi connectivity index (χ4n) is 8.30. The maximum atomic E-state index is 12.9. The molecule has 0 aliphatic carbocycles. The van der Waals surface area contributed by atoms with Crippen LogP contribution >= 0.6 is 34.9 Å². The van der Waals surface area contributed by atoms with Gasteiger partial charge in [-0.2, -0.15) is 5.10 Å². The van der Waals surface area contributed by atoms with Crippen molar-refractivity contribution in [1.82, 2.24) is 14.6 Å². The first kappa shape index (κ1) is 60.0. The number of halogens is 1. The van der Waals surface area contributed by atoms with E-state index in [1.54, 1.807) is 57.4 Å². The Bertz CT molecular complexity index is 2660. The van der Waals surface area contributed by atoms with E-state index in [0.717, 1.165) is 113 Å². The van der Waals surface area contributed by atoms with E-state index in [-0.39, 0.29) is 24.8 Å². The third kappa shape index (κ3) is 18.1. The predicted molar refractivity (Wildman–Crippen MR) is 306 cm³/mol. The number of carbonyl (C=O) groups is 4. The number of fused-ring (bicyclic) bond motifs is 1. The molecule has 1 fully saturated rings. The Hall–Kier alpha value is -5.92. The van der Waals surface area contributed by atoms with Crippen LogP contribution in [0.4, 0.5) is 10.7 Å². The highest BCUT2D eigenvalue weighted by Gasteiger charge is 2.32. The lowest BCUT2D eigenvalue weighted by Gasteiger charge is -2.30. The first-order chi connectivity index (χ1) is 36.0. The Labute approximate surface area is 456 Å². The fraction of sp³-hybridized carbons (Fsp3) is 0.464. The number of aryl methyl sites for hydroxylation is 1. The van der Waals surface area contributed by atoms with Crippen LogP contribution in [0.1, 0.15) is 119 Å². The number of ether oxygens (including phenoxy) is 3. The van der Waals surface area contributed by atoms with Crippen LogP contribution in [0.15, 0.2) is 87.1 Å². The summed E-state index contributed by atoms with van der Waals surface area (Å²) in [5.74, 6) is -0.315. The van der Waals surface area contributed by atoms with Gasteiger partial charge in [-0.1, -0.05) is 49.1 Å². The van der Waals surface area contributed by atoms with E-state index in [4.69, 9.17) is 36.5 Å². The van der Waals surface area contributed by atoms with Crippen molar-refractivity contribution in [2.45, 2.75) is 123 Å². The summed E-state index contributed by atoms with van der Waals surface area (Å²) in [4.78, 5) is 61.6. The molecule has 2 aromatic carbocycles. The van der Waals surface area contributed by atoms with Gasteiger partial charge >= 0.3 is 11.9 Å². The molecule has 0 unspecified atom stereocenters. The van der Waals surface area contributed by atoms with Gasteiger partial charge in [-0.15, -0.1) is 16.4 Å². The average Bonchev–Trinajstić information content (AvgIpc) is 3.59. The zero-order valence-corrected chi connectivity index (χ0v) is 47.1. The number of benzene rings is 2. The van der Waals surface area contributed by atoms with E-state index in [1.807, 2.05) is 56.4 Å². The van der Waals surface area contributed by atoms with Gasteiger partial charge in [0.1, 0.15) is 17.1 Å². The van der Waals surface area contributed by atoms with Crippen molar-refractivity contribution in [3.05, 3.63) is 99.3 Å². The Morgan fingerprint density at radius 3 is 2.39 bits per heavy atom. The third-order valence-corrected chi connectivity index (χ3v) is 15.3. The summed E-state index contributed by atoms with van der Waals surface area (Å²) in [6, 6.07) is 17.5. The minimum absolute atomic E-state index is 0.0142. The number of aliphatic imine (C=N–C) groups is 1. The maximum absolute atomic E-state index is 12.9. The lowest BCUT2D eigenvalue weighted by Crippen LogP contribution is -2.37. The van der Waals surface area contributed by atoms with Gasteiger partial charge in [-0.3, -0.25) is 24.4 Å². The van der Waals surface area contributed by atoms with Gasteiger partial charge in [0, 0.05) is 96.9 Å². The Kier molecular flexibility index (Phi) is 24.0.